The highest BCUT2D eigenvalue weighted by Gasteiger charge is 2.03. The number of anilines is 1. The molecule has 0 aromatic carbocycles. The number of imidazole rings is 1. The number of hydrogen-bond acceptors (Lipinski definition) is 3. The summed E-state index contributed by atoms with van der Waals surface area (Å²) in [4.78, 5) is 5.45. The summed E-state index contributed by atoms with van der Waals surface area (Å²) >= 11 is 7.48. The van der Waals surface area contributed by atoms with Crippen LogP contribution >= 0.6 is 22.9 Å². The van der Waals surface area contributed by atoms with Gasteiger partial charge in [-0.1, -0.05) is 17.7 Å². The van der Waals surface area contributed by atoms with Crippen molar-refractivity contribution in [3.63, 3.8) is 0 Å². The fourth-order valence-corrected chi connectivity index (χ4v) is 2.46. The van der Waals surface area contributed by atoms with E-state index in [9.17, 15) is 0 Å². The zero-order valence-electron chi connectivity index (χ0n) is 8.69. The van der Waals surface area contributed by atoms with Gasteiger partial charge in [0.25, 0.3) is 0 Å². The van der Waals surface area contributed by atoms with Crippen LogP contribution in [0.15, 0.2) is 37.2 Å². The van der Waals surface area contributed by atoms with Gasteiger partial charge in [0.15, 0.2) is 0 Å². The Morgan fingerprint density at radius 2 is 2.44 bits per heavy atom. The highest BCUT2D eigenvalue weighted by Crippen LogP contribution is 2.22. The third-order valence-corrected chi connectivity index (χ3v) is 3.29. The molecule has 0 radical (unpaired) electrons. The van der Waals surface area contributed by atoms with E-state index < -0.39 is 0 Å². The SMILES string of the molecule is C=CCNc1nccn1Cc1ccc(Cl)s1. The predicted octanol–water partition coefficient (Wildman–Crippen LogP) is 3.24. The Bertz CT molecular complexity index is 475. The minimum absolute atomic E-state index is 0.711. The molecular formula is C11H12ClN3S. The van der Waals surface area contributed by atoms with Gasteiger partial charge in [-0.05, 0) is 12.1 Å². The van der Waals surface area contributed by atoms with Crippen molar-refractivity contribution in [3.05, 3.63) is 46.4 Å². The highest BCUT2D eigenvalue weighted by atomic mass is 35.5. The fourth-order valence-electron chi connectivity index (χ4n) is 1.37. The summed E-state index contributed by atoms with van der Waals surface area (Å²) in [5.41, 5.74) is 0. The Balaban J connectivity index is 2.09. The van der Waals surface area contributed by atoms with Crippen LogP contribution in [0, 0.1) is 0 Å². The molecule has 0 amide bonds. The van der Waals surface area contributed by atoms with Crippen LogP contribution in [0.3, 0.4) is 0 Å². The summed E-state index contributed by atoms with van der Waals surface area (Å²) in [6.45, 7) is 5.16. The lowest BCUT2D eigenvalue weighted by Gasteiger charge is -2.06. The Morgan fingerprint density at radius 1 is 1.56 bits per heavy atom. The second kappa shape index (κ2) is 5.18. The van der Waals surface area contributed by atoms with Crippen molar-refractivity contribution in [2.24, 2.45) is 0 Å². The van der Waals surface area contributed by atoms with E-state index in [0.717, 1.165) is 16.8 Å². The van der Waals surface area contributed by atoms with Gasteiger partial charge in [-0.25, -0.2) is 4.98 Å². The number of thiophene rings is 1. The van der Waals surface area contributed by atoms with Crippen molar-refractivity contribution in [3.8, 4) is 0 Å². The molecule has 0 spiro atoms. The van der Waals surface area contributed by atoms with Crippen LogP contribution in [0.5, 0.6) is 0 Å². The number of nitrogens with zero attached hydrogens (tertiary/aromatic N) is 2. The summed E-state index contributed by atoms with van der Waals surface area (Å²) in [7, 11) is 0. The summed E-state index contributed by atoms with van der Waals surface area (Å²) in [6.07, 6.45) is 5.53. The van der Waals surface area contributed by atoms with Crippen molar-refractivity contribution in [1.82, 2.24) is 9.55 Å². The lowest BCUT2D eigenvalue weighted by atomic mass is 10.4. The normalized spacial score (nSPS) is 10.3. The summed E-state index contributed by atoms with van der Waals surface area (Å²) in [5.74, 6) is 0.851. The first-order valence-corrected chi connectivity index (χ1v) is 6.09. The fraction of sp³-hybridized carbons (Fsp3) is 0.182. The van der Waals surface area contributed by atoms with Crippen LogP contribution < -0.4 is 5.32 Å². The molecule has 0 saturated heterocycles. The monoisotopic (exact) mass is 253 g/mol. The summed E-state index contributed by atoms with van der Waals surface area (Å²) < 4.78 is 2.86. The van der Waals surface area contributed by atoms with E-state index in [1.54, 1.807) is 23.6 Å². The average molecular weight is 254 g/mol. The van der Waals surface area contributed by atoms with Gasteiger partial charge in [0.2, 0.25) is 5.95 Å². The number of aromatic nitrogens is 2. The van der Waals surface area contributed by atoms with Crippen LogP contribution in [-0.2, 0) is 6.54 Å². The van der Waals surface area contributed by atoms with Gasteiger partial charge in [0, 0.05) is 23.8 Å². The first-order chi connectivity index (χ1) is 7.79. The van der Waals surface area contributed by atoms with Crippen molar-refractivity contribution < 1.29 is 0 Å². The van der Waals surface area contributed by atoms with Crippen molar-refractivity contribution in [2.75, 3.05) is 11.9 Å². The van der Waals surface area contributed by atoms with Gasteiger partial charge in [-0.15, -0.1) is 17.9 Å². The van der Waals surface area contributed by atoms with Crippen molar-refractivity contribution >= 4 is 28.9 Å². The second-order valence-electron chi connectivity index (χ2n) is 3.25. The molecule has 5 heteroatoms. The second-order valence-corrected chi connectivity index (χ2v) is 5.05. The summed E-state index contributed by atoms with van der Waals surface area (Å²) in [5, 5.41) is 3.18. The molecule has 16 heavy (non-hydrogen) atoms. The largest absolute Gasteiger partial charge is 0.352 e. The minimum atomic E-state index is 0.711. The maximum atomic E-state index is 5.89. The Morgan fingerprint density at radius 3 is 3.12 bits per heavy atom. The Labute approximate surface area is 103 Å². The molecular weight excluding hydrogens is 242 g/mol. The van der Waals surface area contributed by atoms with Crippen LogP contribution in [0.1, 0.15) is 4.88 Å². The lowest BCUT2D eigenvalue weighted by molar-refractivity contribution is 0.814. The van der Waals surface area contributed by atoms with E-state index >= 15 is 0 Å². The van der Waals surface area contributed by atoms with Gasteiger partial charge < -0.3 is 9.88 Å². The third-order valence-electron chi connectivity index (χ3n) is 2.08. The molecule has 0 fully saturated rings. The molecule has 0 bridgehead atoms. The predicted molar refractivity (Wildman–Crippen MR) is 69.3 cm³/mol. The molecule has 1 N–H and O–H groups in total. The molecule has 0 aliphatic rings. The molecule has 2 aromatic rings. The van der Waals surface area contributed by atoms with Gasteiger partial charge in [-0.2, -0.15) is 0 Å². The molecule has 0 atom stereocenters. The summed E-state index contributed by atoms with van der Waals surface area (Å²) in [6, 6.07) is 3.94. The molecule has 0 unspecified atom stereocenters. The van der Waals surface area contributed by atoms with Crippen LogP contribution in [0.25, 0.3) is 0 Å². The molecule has 0 saturated carbocycles. The van der Waals surface area contributed by atoms with Crippen molar-refractivity contribution in [2.45, 2.75) is 6.54 Å². The van der Waals surface area contributed by atoms with E-state index in [1.807, 2.05) is 22.9 Å². The van der Waals surface area contributed by atoms with E-state index in [1.165, 1.54) is 4.88 Å². The quantitative estimate of drug-likeness (QED) is 0.829. The maximum Gasteiger partial charge on any atom is 0.203 e. The topological polar surface area (TPSA) is 29.9 Å². The van der Waals surface area contributed by atoms with E-state index in [-0.39, 0.29) is 0 Å². The van der Waals surface area contributed by atoms with E-state index in [2.05, 4.69) is 16.9 Å². The third kappa shape index (κ3) is 2.65. The van der Waals surface area contributed by atoms with Gasteiger partial charge in [-0.3, -0.25) is 0 Å². The van der Waals surface area contributed by atoms with E-state index in [0.29, 0.717) is 6.54 Å². The molecule has 84 valence electrons. The standard InChI is InChI=1S/C11H12ClN3S/c1-2-5-13-11-14-6-7-15(11)8-9-3-4-10(12)16-9/h2-4,6-7H,1,5,8H2,(H,13,14). The van der Waals surface area contributed by atoms with Crippen LogP contribution in [0.4, 0.5) is 5.95 Å². The Hall–Kier alpha value is -1.26. The van der Waals surface area contributed by atoms with Gasteiger partial charge in [0.1, 0.15) is 0 Å². The van der Waals surface area contributed by atoms with Gasteiger partial charge >= 0.3 is 0 Å². The first kappa shape index (κ1) is 11.2. The maximum absolute atomic E-state index is 5.89. The molecule has 2 heterocycles. The van der Waals surface area contributed by atoms with Gasteiger partial charge in [0.05, 0.1) is 10.9 Å². The highest BCUT2D eigenvalue weighted by molar-refractivity contribution is 7.16. The number of halogens is 1. The lowest BCUT2D eigenvalue weighted by Crippen LogP contribution is -2.07. The molecule has 0 aliphatic carbocycles. The van der Waals surface area contributed by atoms with Crippen LogP contribution in [0.2, 0.25) is 4.34 Å². The first-order valence-electron chi connectivity index (χ1n) is 4.89. The Kier molecular flexibility index (Phi) is 3.64. The number of nitrogens with one attached hydrogen (secondary N) is 1. The number of hydrogen-bond donors (Lipinski definition) is 1. The zero-order chi connectivity index (χ0) is 11.4. The minimum Gasteiger partial charge on any atom is -0.352 e. The molecule has 0 aliphatic heterocycles. The zero-order valence-corrected chi connectivity index (χ0v) is 10.3. The smallest absolute Gasteiger partial charge is 0.203 e. The molecule has 3 nitrogen and oxygen atoms in total. The molecule has 2 rings (SSSR count). The molecule has 2 aromatic heterocycles. The van der Waals surface area contributed by atoms with Crippen molar-refractivity contribution in [1.29, 1.82) is 0 Å². The van der Waals surface area contributed by atoms with E-state index in [4.69, 9.17) is 11.6 Å². The van der Waals surface area contributed by atoms with Crippen LogP contribution in [-0.4, -0.2) is 16.1 Å². The number of rotatable bonds is 5. The average Bonchev–Trinajstić information content (AvgIpc) is 2.86.